The SMILES string of the molecule is O=C1c2ccccc2C(=O)N1NC(=S)Nc1ccc(F)cc1. The third-order valence-electron chi connectivity index (χ3n) is 3.11. The molecule has 0 atom stereocenters. The van der Waals surface area contributed by atoms with E-state index in [-0.39, 0.29) is 10.9 Å². The summed E-state index contributed by atoms with van der Waals surface area (Å²) in [5.74, 6) is -1.31. The van der Waals surface area contributed by atoms with Gasteiger partial charge in [0.25, 0.3) is 11.8 Å². The van der Waals surface area contributed by atoms with E-state index in [1.165, 1.54) is 24.3 Å². The summed E-state index contributed by atoms with van der Waals surface area (Å²) in [6.45, 7) is 0. The molecule has 110 valence electrons. The molecule has 0 aromatic heterocycles. The highest BCUT2D eigenvalue weighted by molar-refractivity contribution is 7.80. The first-order chi connectivity index (χ1) is 10.6. The van der Waals surface area contributed by atoms with Crippen LogP contribution < -0.4 is 10.7 Å². The van der Waals surface area contributed by atoms with Gasteiger partial charge in [-0.25, -0.2) is 4.39 Å². The van der Waals surface area contributed by atoms with Crippen LogP contribution in [0.5, 0.6) is 0 Å². The Morgan fingerprint density at radius 2 is 1.50 bits per heavy atom. The Morgan fingerprint density at radius 1 is 0.955 bits per heavy atom. The Bertz CT molecular complexity index is 742. The van der Waals surface area contributed by atoms with Crippen molar-refractivity contribution in [1.29, 1.82) is 0 Å². The number of carbonyl (C=O) groups is 2. The molecule has 0 radical (unpaired) electrons. The number of fused-ring (bicyclic) bond motifs is 1. The minimum atomic E-state index is -0.469. The maximum absolute atomic E-state index is 12.8. The van der Waals surface area contributed by atoms with Crippen LogP contribution in [0.25, 0.3) is 0 Å². The third kappa shape index (κ3) is 2.53. The molecule has 22 heavy (non-hydrogen) atoms. The minimum absolute atomic E-state index is 0.0566. The highest BCUT2D eigenvalue weighted by Crippen LogP contribution is 2.20. The van der Waals surface area contributed by atoms with Crippen LogP contribution in [0.2, 0.25) is 0 Å². The van der Waals surface area contributed by atoms with E-state index in [1.54, 1.807) is 24.3 Å². The van der Waals surface area contributed by atoms with Gasteiger partial charge in [-0.2, -0.15) is 5.01 Å². The Hall–Kier alpha value is -2.80. The molecule has 0 fully saturated rings. The van der Waals surface area contributed by atoms with Gasteiger partial charge in [-0.3, -0.25) is 15.0 Å². The van der Waals surface area contributed by atoms with E-state index >= 15 is 0 Å². The zero-order valence-electron chi connectivity index (χ0n) is 11.2. The van der Waals surface area contributed by atoms with Gasteiger partial charge in [0.15, 0.2) is 5.11 Å². The fourth-order valence-corrected chi connectivity index (χ4v) is 2.29. The predicted octanol–water partition coefficient (Wildman–Crippen LogP) is 2.32. The summed E-state index contributed by atoms with van der Waals surface area (Å²) in [6, 6.07) is 12.0. The van der Waals surface area contributed by atoms with Gasteiger partial charge in [0.2, 0.25) is 0 Å². The van der Waals surface area contributed by atoms with Crippen LogP contribution in [0.15, 0.2) is 48.5 Å². The van der Waals surface area contributed by atoms with Crippen molar-refractivity contribution in [1.82, 2.24) is 10.4 Å². The second-order valence-corrected chi connectivity index (χ2v) is 4.97. The average molecular weight is 315 g/mol. The number of nitrogens with zero attached hydrogens (tertiary/aromatic N) is 1. The number of amides is 2. The van der Waals surface area contributed by atoms with Crippen LogP contribution >= 0.6 is 12.2 Å². The number of halogens is 1. The molecule has 0 spiro atoms. The third-order valence-corrected chi connectivity index (χ3v) is 3.30. The molecule has 0 saturated carbocycles. The lowest BCUT2D eigenvalue weighted by molar-refractivity contribution is 0.0613. The van der Waals surface area contributed by atoms with Gasteiger partial charge in [0.1, 0.15) is 5.82 Å². The number of hydrazine groups is 1. The quantitative estimate of drug-likeness (QED) is 0.658. The van der Waals surface area contributed by atoms with Crippen molar-refractivity contribution in [3.8, 4) is 0 Å². The van der Waals surface area contributed by atoms with Crippen LogP contribution in [-0.2, 0) is 0 Å². The summed E-state index contributed by atoms with van der Waals surface area (Å²) >= 11 is 5.06. The van der Waals surface area contributed by atoms with Crippen LogP contribution in [0.1, 0.15) is 20.7 Å². The van der Waals surface area contributed by atoms with Gasteiger partial charge in [0.05, 0.1) is 11.1 Å². The van der Waals surface area contributed by atoms with Crippen molar-refractivity contribution in [3.05, 3.63) is 65.5 Å². The molecule has 5 nitrogen and oxygen atoms in total. The lowest BCUT2D eigenvalue weighted by Gasteiger charge is -2.17. The number of rotatable bonds is 2. The Morgan fingerprint density at radius 3 is 2.05 bits per heavy atom. The molecule has 0 aliphatic carbocycles. The number of hydrogen-bond donors (Lipinski definition) is 2. The highest BCUT2D eigenvalue weighted by atomic mass is 32.1. The molecule has 0 unspecified atom stereocenters. The zero-order valence-corrected chi connectivity index (χ0v) is 12.0. The maximum Gasteiger partial charge on any atom is 0.280 e. The fourth-order valence-electron chi connectivity index (χ4n) is 2.08. The Labute approximate surface area is 130 Å². The standard InChI is InChI=1S/C15H10FN3O2S/c16-9-5-7-10(8-6-9)17-15(22)18-19-13(20)11-3-1-2-4-12(11)14(19)21/h1-8H,(H2,17,18,22). The van der Waals surface area contributed by atoms with Crippen molar-refractivity contribution in [3.63, 3.8) is 0 Å². The van der Waals surface area contributed by atoms with Crippen LogP contribution in [-0.4, -0.2) is 21.9 Å². The van der Waals surface area contributed by atoms with Gasteiger partial charge < -0.3 is 5.32 Å². The molecule has 2 aromatic rings. The Kier molecular flexibility index (Phi) is 3.56. The number of thiocarbonyl (C=S) groups is 1. The number of anilines is 1. The Balaban J connectivity index is 1.71. The zero-order chi connectivity index (χ0) is 15.7. The summed E-state index contributed by atoms with van der Waals surface area (Å²) in [5.41, 5.74) is 3.73. The largest absolute Gasteiger partial charge is 0.331 e. The molecular weight excluding hydrogens is 305 g/mol. The predicted molar refractivity (Wildman–Crippen MR) is 82.7 cm³/mol. The molecule has 1 aliphatic rings. The molecule has 2 amide bonds. The van der Waals surface area contributed by atoms with E-state index in [1.807, 2.05) is 0 Å². The van der Waals surface area contributed by atoms with Gasteiger partial charge >= 0.3 is 0 Å². The summed E-state index contributed by atoms with van der Waals surface area (Å²) < 4.78 is 12.8. The van der Waals surface area contributed by atoms with Crippen LogP contribution in [0, 0.1) is 5.82 Å². The molecule has 1 aliphatic heterocycles. The second kappa shape index (κ2) is 5.53. The lowest BCUT2D eigenvalue weighted by Crippen LogP contribution is -2.47. The number of imide groups is 1. The first kappa shape index (κ1) is 14.2. The molecule has 7 heteroatoms. The molecule has 1 heterocycles. The van der Waals surface area contributed by atoms with Gasteiger partial charge in [-0.1, -0.05) is 12.1 Å². The van der Waals surface area contributed by atoms with Crippen molar-refractivity contribution < 1.29 is 14.0 Å². The van der Waals surface area contributed by atoms with Crippen molar-refractivity contribution in [2.24, 2.45) is 0 Å². The molecule has 2 aromatic carbocycles. The molecule has 0 bridgehead atoms. The number of carbonyl (C=O) groups excluding carboxylic acids is 2. The topological polar surface area (TPSA) is 61.4 Å². The van der Waals surface area contributed by atoms with E-state index in [9.17, 15) is 14.0 Å². The summed E-state index contributed by atoms with van der Waals surface area (Å²) in [4.78, 5) is 24.3. The van der Waals surface area contributed by atoms with E-state index in [0.717, 1.165) is 5.01 Å². The van der Waals surface area contributed by atoms with E-state index < -0.39 is 11.8 Å². The van der Waals surface area contributed by atoms with E-state index in [2.05, 4.69) is 10.7 Å². The molecule has 2 N–H and O–H groups in total. The van der Waals surface area contributed by atoms with Crippen molar-refractivity contribution in [2.75, 3.05) is 5.32 Å². The molecule has 0 saturated heterocycles. The maximum atomic E-state index is 12.8. The molecule has 3 rings (SSSR count). The number of nitrogens with one attached hydrogen (secondary N) is 2. The van der Waals surface area contributed by atoms with Crippen LogP contribution in [0.3, 0.4) is 0 Å². The van der Waals surface area contributed by atoms with Crippen molar-refractivity contribution >= 4 is 34.8 Å². The van der Waals surface area contributed by atoms with Gasteiger partial charge in [-0.05, 0) is 48.6 Å². The summed E-state index contributed by atoms with van der Waals surface area (Å²) in [6.07, 6.45) is 0. The fraction of sp³-hybridized carbons (Fsp3) is 0. The summed E-state index contributed by atoms with van der Waals surface area (Å²) in [7, 11) is 0. The van der Waals surface area contributed by atoms with Crippen molar-refractivity contribution in [2.45, 2.75) is 0 Å². The minimum Gasteiger partial charge on any atom is -0.331 e. The average Bonchev–Trinajstić information content (AvgIpc) is 2.75. The lowest BCUT2D eigenvalue weighted by atomic mass is 10.1. The van der Waals surface area contributed by atoms with Crippen LogP contribution in [0.4, 0.5) is 10.1 Å². The van der Waals surface area contributed by atoms with E-state index in [4.69, 9.17) is 12.2 Å². The summed E-state index contributed by atoms with van der Waals surface area (Å²) in [5, 5.41) is 3.68. The van der Waals surface area contributed by atoms with E-state index in [0.29, 0.717) is 16.8 Å². The number of hydrogen-bond acceptors (Lipinski definition) is 3. The molecular formula is C15H10FN3O2S. The monoisotopic (exact) mass is 315 g/mol. The first-order valence-electron chi connectivity index (χ1n) is 6.37. The number of benzene rings is 2. The highest BCUT2D eigenvalue weighted by Gasteiger charge is 2.35. The van der Waals surface area contributed by atoms with Gasteiger partial charge in [-0.15, -0.1) is 0 Å². The smallest absolute Gasteiger partial charge is 0.280 e. The normalized spacial score (nSPS) is 13.0. The first-order valence-corrected chi connectivity index (χ1v) is 6.78. The second-order valence-electron chi connectivity index (χ2n) is 4.56. The van der Waals surface area contributed by atoms with Gasteiger partial charge in [0, 0.05) is 5.69 Å².